The van der Waals surface area contributed by atoms with Gasteiger partial charge in [-0.15, -0.1) is 0 Å². The van der Waals surface area contributed by atoms with Crippen molar-refractivity contribution in [1.82, 2.24) is 4.90 Å². The second-order valence-electron chi connectivity index (χ2n) is 8.98. The molecule has 0 radical (unpaired) electrons. The lowest BCUT2D eigenvalue weighted by atomic mass is 9.88. The minimum atomic E-state index is -0.503. The molecule has 0 aromatic heterocycles. The van der Waals surface area contributed by atoms with Crippen molar-refractivity contribution >= 4 is 5.69 Å². The zero-order chi connectivity index (χ0) is 19.8. The van der Waals surface area contributed by atoms with Crippen molar-refractivity contribution in [3.8, 4) is 0 Å². The predicted octanol–water partition coefficient (Wildman–Crippen LogP) is 4.65. The summed E-state index contributed by atoms with van der Waals surface area (Å²) in [5.41, 5.74) is 5.51. The number of hydrogen-bond acceptors (Lipinski definition) is 3. The standard InChI is InChI=1S/C25H31FN2O/c26-20-11-9-18(10-12-20)24(29)8-4-14-27-16-13-23-22(17-27)21-7-3-6-19-5-1-2-15-28(23)25(19)21/h3,6-7,9-12,22-24,29H,1-2,4-5,8,13-17H2. The highest BCUT2D eigenvalue weighted by Crippen LogP contribution is 2.47. The van der Waals surface area contributed by atoms with Crippen LogP contribution in [0.1, 0.15) is 60.8 Å². The average molecular weight is 395 g/mol. The van der Waals surface area contributed by atoms with Crippen molar-refractivity contribution in [2.45, 2.75) is 56.6 Å². The van der Waals surface area contributed by atoms with Crippen molar-refractivity contribution in [3.63, 3.8) is 0 Å². The first-order chi connectivity index (χ1) is 14.2. The van der Waals surface area contributed by atoms with Gasteiger partial charge in [0, 0.05) is 37.3 Å². The fourth-order valence-corrected chi connectivity index (χ4v) is 5.75. The molecule has 1 fully saturated rings. The normalized spacial score (nSPS) is 24.7. The topological polar surface area (TPSA) is 26.7 Å². The summed E-state index contributed by atoms with van der Waals surface area (Å²) in [6, 6.07) is 13.9. The van der Waals surface area contributed by atoms with Crippen molar-refractivity contribution in [2.75, 3.05) is 31.1 Å². The van der Waals surface area contributed by atoms with Crippen LogP contribution in [-0.4, -0.2) is 42.2 Å². The van der Waals surface area contributed by atoms with Gasteiger partial charge in [0.2, 0.25) is 0 Å². The van der Waals surface area contributed by atoms with E-state index in [1.807, 2.05) is 0 Å². The SMILES string of the molecule is OC(CCCN1CCC2C(C1)c1cccc3c1N2CCCC3)c1ccc(F)cc1. The minimum absolute atomic E-state index is 0.252. The summed E-state index contributed by atoms with van der Waals surface area (Å²) < 4.78 is 13.1. The molecule has 1 N–H and O–H groups in total. The molecule has 3 unspecified atom stereocenters. The van der Waals surface area contributed by atoms with Crippen molar-refractivity contribution < 1.29 is 9.50 Å². The van der Waals surface area contributed by atoms with Gasteiger partial charge in [0.25, 0.3) is 0 Å². The highest BCUT2D eigenvalue weighted by molar-refractivity contribution is 5.67. The number of benzene rings is 2. The quantitative estimate of drug-likeness (QED) is 0.799. The summed E-state index contributed by atoms with van der Waals surface area (Å²) >= 11 is 0. The van der Waals surface area contributed by atoms with Gasteiger partial charge in [0.1, 0.15) is 5.82 Å². The zero-order valence-corrected chi connectivity index (χ0v) is 17.1. The van der Waals surface area contributed by atoms with Crippen molar-refractivity contribution in [3.05, 3.63) is 65.0 Å². The van der Waals surface area contributed by atoms with Crippen LogP contribution in [0.4, 0.5) is 10.1 Å². The Labute approximate surface area is 173 Å². The van der Waals surface area contributed by atoms with Crippen molar-refractivity contribution in [1.29, 1.82) is 0 Å². The molecule has 0 aliphatic carbocycles. The molecule has 3 aliphatic rings. The first-order valence-electron chi connectivity index (χ1n) is 11.2. The summed E-state index contributed by atoms with van der Waals surface area (Å²) in [4.78, 5) is 5.32. The third-order valence-electron chi connectivity index (χ3n) is 7.20. The number of rotatable bonds is 5. The molecule has 3 atom stereocenters. The molecule has 2 aromatic rings. The van der Waals surface area contributed by atoms with Crippen LogP contribution in [0.3, 0.4) is 0 Å². The Bertz CT molecular complexity index is 852. The number of para-hydroxylation sites is 1. The summed E-state index contributed by atoms with van der Waals surface area (Å²) in [5.74, 6) is 0.372. The molecular formula is C25H31FN2O. The Morgan fingerprint density at radius 1 is 1.07 bits per heavy atom. The van der Waals surface area contributed by atoms with Crippen LogP contribution in [0.25, 0.3) is 0 Å². The molecule has 0 bridgehead atoms. The molecule has 29 heavy (non-hydrogen) atoms. The number of nitrogens with zero attached hydrogens (tertiary/aromatic N) is 2. The molecule has 154 valence electrons. The Balaban J connectivity index is 1.21. The Kier molecular flexibility index (Phi) is 5.31. The van der Waals surface area contributed by atoms with Crippen LogP contribution in [0.5, 0.6) is 0 Å². The number of fused-ring (bicyclic) bond motifs is 3. The zero-order valence-electron chi connectivity index (χ0n) is 17.1. The van der Waals surface area contributed by atoms with E-state index in [9.17, 15) is 9.50 Å². The van der Waals surface area contributed by atoms with Crippen LogP contribution >= 0.6 is 0 Å². The number of anilines is 1. The van der Waals surface area contributed by atoms with E-state index < -0.39 is 6.10 Å². The summed E-state index contributed by atoms with van der Waals surface area (Å²) in [6.07, 6.45) is 6.27. The number of halogens is 1. The van der Waals surface area contributed by atoms with E-state index in [0.717, 1.165) is 38.0 Å². The Morgan fingerprint density at radius 3 is 2.79 bits per heavy atom. The lowest BCUT2D eigenvalue weighted by Crippen LogP contribution is -2.46. The maximum Gasteiger partial charge on any atom is 0.123 e. The molecule has 3 aliphatic heterocycles. The number of piperidine rings is 1. The monoisotopic (exact) mass is 394 g/mol. The molecule has 0 amide bonds. The molecule has 5 rings (SSSR count). The van der Waals surface area contributed by atoms with E-state index in [0.29, 0.717) is 12.0 Å². The van der Waals surface area contributed by atoms with Gasteiger partial charge in [-0.3, -0.25) is 0 Å². The fourth-order valence-electron chi connectivity index (χ4n) is 5.75. The summed E-state index contributed by atoms with van der Waals surface area (Å²) in [6.45, 7) is 4.52. The van der Waals surface area contributed by atoms with E-state index in [2.05, 4.69) is 28.0 Å². The maximum atomic E-state index is 13.1. The van der Waals surface area contributed by atoms with Crippen LogP contribution in [0, 0.1) is 5.82 Å². The lowest BCUT2D eigenvalue weighted by Gasteiger charge is -2.39. The summed E-state index contributed by atoms with van der Waals surface area (Å²) in [7, 11) is 0. The largest absolute Gasteiger partial charge is 0.388 e. The molecule has 0 spiro atoms. The van der Waals surface area contributed by atoms with E-state index in [1.165, 1.54) is 44.4 Å². The van der Waals surface area contributed by atoms with Crippen LogP contribution < -0.4 is 4.90 Å². The Hall–Kier alpha value is -1.91. The van der Waals surface area contributed by atoms with Gasteiger partial charge < -0.3 is 14.9 Å². The second kappa shape index (κ2) is 8.08. The number of aliphatic hydroxyl groups excluding tert-OH is 1. The van der Waals surface area contributed by atoms with Crippen LogP contribution in [-0.2, 0) is 6.42 Å². The smallest absolute Gasteiger partial charge is 0.123 e. The lowest BCUT2D eigenvalue weighted by molar-refractivity contribution is 0.144. The van der Waals surface area contributed by atoms with Gasteiger partial charge in [-0.05, 0) is 73.9 Å². The molecule has 2 aromatic carbocycles. The van der Waals surface area contributed by atoms with E-state index in [1.54, 1.807) is 28.9 Å². The van der Waals surface area contributed by atoms with Crippen LogP contribution in [0.15, 0.2) is 42.5 Å². The number of hydrogen-bond donors (Lipinski definition) is 1. The first-order valence-corrected chi connectivity index (χ1v) is 11.2. The van der Waals surface area contributed by atoms with Crippen LogP contribution in [0.2, 0.25) is 0 Å². The van der Waals surface area contributed by atoms with E-state index in [-0.39, 0.29) is 5.82 Å². The molecule has 3 nitrogen and oxygen atoms in total. The van der Waals surface area contributed by atoms with Gasteiger partial charge in [0.05, 0.1) is 6.10 Å². The second-order valence-corrected chi connectivity index (χ2v) is 8.98. The van der Waals surface area contributed by atoms with Gasteiger partial charge >= 0.3 is 0 Å². The average Bonchev–Trinajstić information content (AvgIpc) is 2.89. The molecule has 0 saturated carbocycles. The van der Waals surface area contributed by atoms with Crippen molar-refractivity contribution in [2.24, 2.45) is 0 Å². The maximum absolute atomic E-state index is 13.1. The number of aryl methyl sites for hydroxylation is 1. The summed E-state index contributed by atoms with van der Waals surface area (Å²) in [5, 5.41) is 10.4. The minimum Gasteiger partial charge on any atom is -0.388 e. The highest BCUT2D eigenvalue weighted by Gasteiger charge is 2.42. The fraction of sp³-hybridized carbons (Fsp3) is 0.520. The molecular weight excluding hydrogens is 363 g/mol. The highest BCUT2D eigenvalue weighted by atomic mass is 19.1. The predicted molar refractivity (Wildman–Crippen MR) is 115 cm³/mol. The third kappa shape index (κ3) is 3.69. The Morgan fingerprint density at radius 2 is 1.93 bits per heavy atom. The van der Waals surface area contributed by atoms with Gasteiger partial charge in [-0.25, -0.2) is 4.39 Å². The van der Waals surface area contributed by atoms with Gasteiger partial charge in [0.15, 0.2) is 0 Å². The molecule has 3 heterocycles. The first kappa shape index (κ1) is 19.1. The molecule has 1 saturated heterocycles. The number of aliphatic hydroxyl groups is 1. The van der Waals surface area contributed by atoms with E-state index in [4.69, 9.17) is 0 Å². The van der Waals surface area contributed by atoms with E-state index >= 15 is 0 Å². The third-order valence-corrected chi connectivity index (χ3v) is 7.20. The van der Waals surface area contributed by atoms with Gasteiger partial charge in [-0.2, -0.15) is 0 Å². The van der Waals surface area contributed by atoms with Gasteiger partial charge in [-0.1, -0.05) is 30.3 Å². The number of likely N-dealkylation sites (tertiary alicyclic amines) is 1. The molecule has 4 heteroatoms.